The van der Waals surface area contributed by atoms with Crippen molar-refractivity contribution >= 4 is 22.8 Å². The van der Waals surface area contributed by atoms with E-state index in [9.17, 15) is 9.59 Å². The van der Waals surface area contributed by atoms with Gasteiger partial charge in [-0.15, -0.1) is 0 Å². The molecule has 0 saturated carbocycles. The summed E-state index contributed by atoms with van der Waals surface area (Å²) in [4.78, 5) is 32.3. The van der Waals surface area contributed by atoms with Gasteiger partial charge in [-0.25, -0.2) is 4.98 Å². The number of benzene rings is 2. The fourth-order valence-corrected chi connectivity index (χ4v) is 4.30. The highest BCUT2D eigenvalue weighted by molar-refractivity contribution is 5.95. The molecule has 2 heterocycles. The number of morpholine rings is 1. The van der Waals surface area contributed by atoms with Gasteiger partial charge in [-0.3, -0.25) is 9.59 Å². The molecule has 0 spiro atoms. The average Bonchev–Trinajstić information content (AvgIpc) is 3.27. The molecule has 0 radical (unpaired) electrons. The van der Waals surface area contributed by atoms with Crippen molar-refractivity contribution in [1.82, 2.24) is 19.8 Å². The monoisotopic (exact) mass is 496 g/mol. The number of ether oxygens (including phenoxy) is 4. The minimum Gasteiger partial charge on any atom is -0.493 e. The van der Waals surface area contributed by atoms with E-state index in [-0.39, 0.29) is 18.4 Å². The lowest BCUT2D eigenvalue weighted by Crippen LogP contribution is -2.42. The fourth-order valence-electron chi connectivity index (χ4n) is 4.30. The minimum atomic E-state index is -0.245. The Kier molecular flexibility index (Phi) is 8.27. The third-order valence-electron chi connectivity index (χ3n) is 6.18. The number of methoxy groups -OCH3 is 3. The van der Waals surface area contributed by atoms with Crippen molar-refractivity contribution in [2.24, 2.45) is 0 Å². The summed E-state index contributed by atoms with van der Waals surface area (Å²) in [6, 6.07) is 11.0. The second-order valence-electron chi connectivity index (χ2n) is 8.37. The first-order chi connectivity index (χ1) is 17.5. The van der Waals surface area contributed by atoms with Gasteiger partial charge in [0.1, 0.15) is 12.4 Å². The van der Waals surface area contributed by atoms with E-state index in [0.29, 0.717) is 68.5 Å². The fraction of sp³-hybridized carbons (Fsp3) is 0.423. The van der Waals surface area contributed by atoms with Crippen LogP contribution in [0.4, 0.5) is 0 Å². The molecule has 0 bridgehead atoms. The molecule has 1 aromatic heterocycles. The Hall–Kier alpha value is -3.79. The Morgan fingerprint density at radius 2 is 1.72 bits per heavy atom. The number of aryl methyl sites for hydroxylation is 1. The number of carbonyl (C=O) groups is 2. The van der Waals surface area contributed by atoms with Crippen molar-refractivity contribution in [3.63, 3.8) is 0 Å². The molecule has 0 unspecified atom stereocenters. The largest absolute Gasteiger partial charge is 0.493 e. The predicted molar refractivity (Wildman–Crippen MR) is 134 cm³/mol. The Bertz CT molecular complexity index is 1190. The zero-order chi connectivity index (χ0) is 25.5. The van der Waals surface area contributed by atoms with Crippen LogP contribution in [-0.4, -0.2) is 80.4 Å². The van der Waals surface area contributed by atoms with Gasteiger partial charge in [0.2, 0.25) is 11.7 Å². The van der Waals surface area contributed by atoms with Crippen molar-refractivity contribution in [1.29, 1.82) is 0 Å². The lowest BCUT2D eigenvalue weighted by Gasteiger charge is -2.27. The van der Waals surface area contributed by atoms with Crippen molar-refractivity contribution in [2.75, 3.05) is 54.2 Å². The van der Waals surface area contributed by atoms with Crippen LogP contribution < -0.4 is 19.5 Å². The summed E-state index contributed by atoms with van der Waals surface area (Å²) in [7, 11) is 4.53. The van der Waals surface area contributed by atoms with Crippen LogP contribution in [0.25, 0.3) is 11.0 Å². The molecule has 0 atom stereocenters. The lowest BCUT2D eigenvalue weighted by atomic mass is 10.1. The molecular formula is C26H32N4O6. The van der Waals surface area contributed by atoms with Crippen molar-refractivity contribution in [3.05, 3.63) is 47.8 Å². The molecule has 2 amide bonds. The number of imidazole rings is 1. The SMILES string of the molecule is COc1cc(C(=O)NCCCc2nc3ccccc3n2CC(=O)N2CCOCC2)cc(OC)c1OC. The molecule has 0 aliphatic carbocycles. The van der Waals surface area contributed by atoms with Gasteiger partial charge >= 0.3 is 0 Å². The molecule has 3 aromatic rings. The quantitative estimate of drug-likeness (QED) is 0.430. The van der Waals surface area contributed by atoms with E-state index in [4.69, 9.17) is 23.9 Å². The van der Waals surface area contributed by atoms with Crippen molar-refractivity contribution < 1.29 is 28.5 Å². The van der Waals surface area contributed by atoms with Crippen LogP contribution in [0, 0.1) is 0 Å². The van der Waals surface area contributed by atoms with E-state index in [1.807, 2.05) is 33.7 Å². The normalized spacial score (nSPS) is 13.5. The summed E-state index contributed by atoms with van der Waals surface area (Å²) < 4.78 is 23.3. The minimum absolute atomic E-state index is 0.0541. The van der Waals surface area contributed by atoms with E-state index in [0.717, 1.165) is 16.9 Å². The van der Waals surface area contributed by atoms with Gasteiger partial charge in [-0.2, -0.15) is 0 Å². The highest BCUT2D eigenvalue weighted by Gasteiger charge is 2.20. The van der Waals surface area contributed by atoms with E-state index < -0.39 is 0 Å². The second kappa shape index (κ2) is 11.8. The molecule has 1 fully saturated rings. The molecule has 2 aromatic carbocycles. The van der Waals surface area contributed by atoms with Crippen LogP contribution in [-0.2, 0) is 22.5 Å². The number of hydrogen-bond acceptors (Lipinski definition) is 7. The lowest BCUT2D eigenvalue weighted by molar-refractivity contribution is -0.135. The molecule has 4 rings (SSSR count). The van der Waals surface area contributed by atoms with Crippen LogP contribution in [0.5, 0.6) is 17.2 Å². The number of amides is 2. The van der Waals surface area contributed by atoms with Crippen LogP contribution >= 0.6 is 0 Å². The topological polar surface area (TPSA) is 104 Å². The Morgan fingerprint density at radius 3 is 2.39 bits per heavy atom. The molecule has 1 N–H and O–H groups in total. The highest BCUT2D eigenvalue weighted by Crippen LogP contribution is 2.38. The summed E-state index contributed by atoms with van der Waals surface area (Å²) >= 11 is 0. The van der Waals surface area contributed by atoms with Crippen LogP contribution in [0.2, 0.25) is 0 Å². The van der Waals surface area contributed by atoms with Gasteiger partial charge in [-0.05, 0) is 30.7 Å². The van der Waals surface area contributed by atoms with Gasteiger partial charge in [-0.1, -0.05) is 12.1 Å². The summed E-state index contributed by atoms with van der Waals surface area (Å²) in [5.74, 6) is 1.90. The summed E-state index contributed by atoms with van der Waals surface area (Å²) in [6.07, 6.45) is 1.27. The predicted octanol–water partition coefficient (Wildman–Crippen LogP) is 2.28. The van der Waals surface area contributed by atoms with E-state index >= 15 is 0 Å². The Labute approximate surface area is 210 Å². The molecule has 1 aliphatic heterocycles. The Balaban J connectivity index is 1.41. The molecule has 36 heavy (non-hydrogen) atoms. The number of para-hydroxylation sites is 2. The first kappa shape index (κ1) is 25.3. The smallest absolute Gasteiger partial charge is 0.251 e. The maximum absolute atomic E-state index is 12.9. The van der Waals surface area contributed by atoms with Crippen LogP contribution in [0.1, 0.15) is 22.6 Å². The average molecular weight is 497 g/mol. The van der Waals surface area contributed by atoms with Gasteiger partial charge in [0.15, 0.2) is 11.5 Å². The van der Waals surface area contributed by atoms with Gasteiger partial charge in [0.05, 0.1) is 45.6 Å². The number of rotatable bonds is 10. The van der Waals surface area contributed by atoms with E-state index in [2.05, 4.69) is 5.32 Å². The number of nitrogens with zero attached hydrogens (tertiary/aromatic N) is 3. The molecule has 1 saturated heterocycles. The summed E-state index contributed by atoms with van der Waals surface area (Å²) in [5, 5.41) is 2.94. The summed E-state index contributed by atoms with van der Waals surface area (Å²) in [6.45, 7) is 3.01. The number of fused-ring (bicyclic) bond motifs is 1. The summed E-state index contributed by atoms with van der Waals surface area (Å²) in [5.41, 5.74) is 2.19. The van der Waals surface area contributed by atoms with Gasteiger partial charge in [0, 0.05) is 31.6 Å². The first-order valence-corrected chi connectivity index (χ1v) is 11.9. The Morgan fingerprint density at radius 1 is 1.03 bits per heavy atom. The van der Waals surface area contributed by atoms with Crippen molar-refractivity contribution in [2.45, 2.75) is 19.4 Å². The molecule has 192 valence electrons. The third kappa shape index (κ3) is 5.54. The van der Waals surface area contributed by atoms with Gasteiger partial charge in [0.25, 0.3) is 5.91 Å². The zero-order valence-corrected chi connectivity index (χ0v) is 20.9. The standard InChI is InChI=1S/C26H32N4O6/c1-33-21-15-18(16-22(34-2)25(21)35-3)26(32)27-10-6-9-23-28-19-7-4-5-8-20(19)30(23)17-24(31)29-11-13-36-14-12-29/h4-5,7-8,15-16H,6,9-14,17H2,1-3H3,(H,27,32). The van der Waals surface area contributed by atoms with Crippen molar-refractivity contribution in [3.8, 4) is 17.2 Å². The maximum atomic E-state index is 12.9. The van der Waals surface area contributed by atoms with E-state index in [1.54, 1.807) is 12.1 Å². The molecular weight excluding hydrogens is 464 g/mol. The number of nitrogens with one attached hydrogen (secondary N) is 1. The molecule has 10 nitrogen and oxygen atoms in total. The highest BCUT2D eigenvalue weighted by atomic mass is 16.5. The molecule has 1 aliphatic rings. The van der Waals surface area contributed by atoms with Crippen LogP contribution in [0.3, 0.4) is 0 Å². The molecule has 10 heteroatoms. The van der Waals surface area contributed by atoms with E-state index in [1.165, 1.54) is 21.3 Å². The second-order valence-corrected chi connectivity index (χ2v) is 8.37. The zero-order valence-electron chi connectivity index (χ0n) is 20.9. The number of hydrogen-bond donors (Lipinski definition) is 1. The van der Waals surface area contributed by atoms with Gasteiger partial charge < -0.3 is 33.7 Å². The maximum Gasteiger partial charge on any atom is 0.251 e. The van der Waals surface area contributed by atoms with Crippen LogP contribution in [0.15, 0.2) is 36.4 Å². The number of aromatic nitrogens is 2. The third-order valence-corrected chi connectivity index (χ3v) is 6.18. The first-order valence-electron chi connectivity index (χ1n) is 11.9. The number of carbonyl (C=O) groups excluding carboxylic acids is 2.